The number of benzene rings is 1. The van der Waals surface area contributed by atoms with Crippen molar-refractivity contribution >= 4 is 5.91 Å². The van der Waals surface area contributed by atoms with Crippen LogP contribution >= 0.6 is 0 Å². The van der Waals surface area contributed by atoms with E-state index in [9.17, 15) is 4.79 Å². The van der Waals surface area contributed by atoms with Crippen molar-refractivity contribution in [2.45, 2.75) is 57.5 Å². The van der Waals surface area contributed by atoms with Crippen LogP contribution in [0.2, 0.25) is 0 Å². The zero-order valence-electron chi connectivity index (χ0n) is 17.7. The number of piperidine rings is 1. The number of carbonyl (C=O) groups is 1. The number of rotatable bonds is 4. The lowest BCUT2D eigenvalue weighted by Gasteiger charge is -2.45. The van der Waals surface area contributed by atoms with E-state index in [-0.39, 0.29) is 0 Å². The number of nitrogens with zero attached hydrogens (tertiary/aromatic N) is 3. The standard InChI is InChI=1S/C24H35N3O2/c28-24(27-10-3-5-20-4-1-2-6-22(20)27)18-26-13-11-25(12-14-26)17-19-7-8-23-21(16-19)9-15-29-23/h7-8,16,20,22H,1-6,9-15,17-18H2/t20-,22+/m1/s1. The van der Waals surface area contributed by atoms with Gasteiger partial charge in [-0.05, 0) is 48.8 Å². The minimum absolute atomic E-state index is 0.383. The molecule has 4 aliphatic rings. The van der Waals surface area contributed by atoms with Crippen LogP contribution < -0.4 is 4.74 Å². The van der Waals surface area contributed by atoms with E-state index in [1.165, 1.54) is 49.7 Å². The van der Waals surface area contributed by atoms with Crippen molar-refractivity contribution in [3.63, 3.8) is 0 Å². The van der Waals surface area contributed by atoms with Gasteiger partial charge in [0, 0.05) is 51.7 Å². The number of ether oxygens (including phenoxy) is 1. The maximum absolute atomic E-state index is 13.1. The van der Waals surface area contributed by atoms with Gasteiger partial charge in [-0.15, -0.1) is 0 Å². The average Bonchev–Trinajstić information content (AvgIpc) is 3.22. The lowest BCUT2D eigenvalue weighted by molar-refractivity contribution is -0.139. The van der Waals surface area contributed by atoms with E-state index in [1.54, 1.807) is 0 Å². The van der Waals surface area contributed by atoms with Crippen LogP contribution in [-0.4, -0.2) is 72.5 Å². The Morgan fingerprint density at radius 1 is 0.966 bits per heavy atom. The lowest BCUT2D eigenvalue weighted by atomic mass is 9.78. The maximum Gasteiger partial charge on any atom is 0.237 e. The molecule has 0 radical (unpaired) electrons. The van der Waals surface area contributed by atoms with Gasteiger partial charge in [0.2, 0.25) is 5.91 Å². The van der Waals surface area contributed by atoms with Gasteiger partial charge in [-0.2, -0.15) is 0 Å². The van der Waals surface area contributed by atoms with Gasteiger partial charge in [-0.3, -0.25) is 14.6 Å². The first-order chi connectivity index (χ1) is 14.3. The van der Waals surface area contributed by atoms with Crippen LogP contribution in [0.25, 0.3) is 0 Å². The van der Waals surface area contributed by atoms with Crippen molar-refractivity contribution in [2.75, 3.05) is 45.9 Å². The van der Waals surface area contributed by atoms with Gasteiger partial charge in [-0.1, -0.05) is 25.0 Å². The molecule has 5 rings (SSSR count). The van der Waals surface area contributed by atoms with E-state index in [0.717, 1.165) is 64.0 Å². The fourth-order valence-electron chi connectivity index (χ4n) is 5.92. The van der Waals surface area contributed by atoms with E-state index in [2.05, 4.69) is 32.9 Å². The Balaban J connectivity index is 1.11. The fraction of sp³-hybridized carbons (Fsp3) is 0.708. The minimum atomic E-state index is 0.383. The highest BCUT2D eigenvalue weighted by molar-refractivity contribution is 5.78. The summed E-state index contributed by atoms with van der Waals surface area (Å²) in [7, 11) is 0. The van der Waals surface area contributed by atoms with Crippen LogP contribution in [0.1, 0.15) is 49.7 Å². The Kier molecular flexibility index (Phi) is 5.78. The van der Waals surface area contributed by atoms with E-state index < -0.39 is 0 Å². The fourth-order valence-corrected chi connectivity index (χ4v) is 5.92. The summed E-state index contributed by atoms with van der Waals surface area (Å²) in [6.45, 7) is 7.54. The molecular weight excluding hydrogens is 362 g/mol. The van der Waals surface area contributed by atoms with Crippen LogP contribution in [0, 0.1) is 5.92 Å². The molecule has 2 saturated heterocycles. The second-order valence-electron chi connectivity index (χ2n) is 9.43. The summed E-state index contributed by atoms with van der Waals surface area (Å²) in [5, 5.41) is 0. The normalized spacial score (nSPS) is 27.9. The molecule has 158 valence electrons. The number of carbonyl (C=O) groups excluding carboxylic acids is 1. The molecule has 5 nitrogen and oxygen atoms in total. The van der Waals surface area contributed by atoms with E-state index in [0.29, 0.717) is 18.5 Å². The van der Waals surface area contributed by atoms with Crippen molar-refractivity contribution in [1.29, 1.82) is 0 Å². The molecule has 29 heavy (non-hydrogen) atoms. The molecule has 1 aliphatic carbocycles. The molecule has 5 heteroatoms. The lowest BCUT2D eigenvalue weighted by Crippen LogP contribution is -2.54. The van der Waals surface area contributed by atoms with Crippen molar-refractivity contribution in [3.05, 3.63) is 29.3 Å². The van der Waals surface area contributed by atoms with Gasteiger partial charge in [-0.25, -0.2) is 0 Å². The van der Waals surface area contributed by atoms with Gasteiger partial charge >= 0.3 is 0 Å². The molecule has 1 saturated carbocycles. The summed E-state index contributed by atoms with van der Waals surface area (Å²) in [5.41, 5.74) is 2.74. The Morgan fingerprint density at radius 3 is 2.66 bits per heavy atom. The van der Waals surface area contributed by atoms with Crippen molar-refractivity contribution in [2.24, 2.45) is 5.92 Å². The average molecular weight is 398 g/mol. The molecule has 1 aromatic carbocycles. The summed E-state index contributed by atoms with van der Waals surface area (Å²) in [4.78, 5) is 20.2. The number of hydrogen-bond acceptors (Lipinski definition) is 4. The maximum atomic E-state index is 13.1. The van der Waals surface area contributed by atoms with Gasteiger partial charge < -0.3 is 9.64 Å². The number of likely N-dealkylation sites (tertiary alicyclic amines) is 1. The zero-order chi connectivity index (χ0) is 19.6. The van der Waals surface area contributed by atoms with E-state index >= 15 is 0 Å². The molecule has 3 aliphatic heterocycles. The van der Waals surface area contributed by atoms with Gasteiger partial charge in [0.05, 0.1) is 13.2 Å². The van der Waals surface area contributed by atoms with Crippen LogP contribution in [0.15, 0.2) is 18.2 Å². The first-order valence-corrected chi connectivity index (χ1v) is 11.7. The summed E-state index contributed by atoms with van der Waals surface area (Å²) in [6.07, 6.45) is 8.81. The van der Waals surface area contributed by atoms with Crippen molar-refractivity contribution in [3.8, 4) is 5.75 Å². The molecule has 0 aromatic heterocycles. The number of piperazine rings is 1. The Morgan fingerprint density at radius 2 is 1.76 bits per heavy atom. The van der Waals surface area contributed by atoms with Crippen LogP contribution in [0.5, 0.6) is 5.75 Å². The summed E-state index contributed by atoms with van der Waals surface area (Å²) < 4.78 is 5.62. The Labute approximate surface area is 175 Å². The minimum Gasteiger partial charge on any atom is -0.493 e. The molecule has 3 fully saturated rings. The molecule has 2 atom stereocenters. The summed E-state index contributed by atoms with van der Waals surface area (Å²) >= 11 is 0. The highest BCUT2D eigenvalue weighted by Gasteiger charge is 2.36. The van der Waals surface area contributed by atoms with Crippen LogP contribution in [0.4, 0.5) is 0 Å². The third-order valence-electron chi connectivity index (χ3n) is 7.55. The first kappa shape index (κ1) is 19.4. The summed E-state index contributed by atoms with van der Waals surface area (Å²) in [5.74, 6) is 2.22. The third-order valence-corrected chi connectivity index (χ3v) is 7.55. The third kappa shape index (κ3) is 4.31. The van der Waals surface area contributed by atoms with Gasteiger partial charge in [0.25, 0.3) is 0 Å². The summed E-state index contributed by atoms with van der Waals surface area (Å²) in [6, 6.07) is 7.19. The molecule has 0 unspecified atom stereocenters. The van der Waals surface area contributed by atoms with E-state index in [1.807, 2.05) is 0 Å². The molecule has 0 bridgehead atoms. The van der Waals surface area contributed by atoms with Crippen LogP contribution in [0.3, 0.4) is 0 Å². The molecule has 3 heterocycles. The number of hydrogen-bond donors (Lipinski definition) is 0. The monoisotopic (exact) mass is 397 g/mol. The first-order valence-electron chi connectivity index (χ1n) is 11.7. The second-order valence-corrected chi connectivity index (χ2v) is 9.43. The zero-order valence-corrected chi connectivity index (χ0v) is 17.7. The van der Waals surface area contributed by atoms with Crippen molar-refractivity contribution in [1.82, 2.24) is 14.7 Å². The SMILES string of the molecule is O=C(CN1CCN(Cc2ccc3c(c2)CCO3)CC1)N1CCC[C@H]2CCCC[C@@H]21. The number of amides is 1. The second kappa shape index (κ2) is 8.65. The van der Waals surface area contributed by atoms with Gasteiger partial charge in [0.15, 0.2) is 0 Å². The highest BCUT2D eigenvalue weighted by Crippen LogP contribution is 2.35. The largest absolute Gasteiger partial charge is 0.493 e. The van der Waals surface area contributed by atoms with Gasteiger partial charge in [0.1, 0.15) is 5.75 Å². The quantitative estimate of drug-likeness (QED) is 0.783. The predicted octanol–water partition coefficient (Wildman–Crippen LogP) is 2.92. The van der Waals surface area contributed by atoms with Crippen LogP contribution in [-0.2, 0) is 17.8 Å². The number of fused-ring (bicyclic) bond motifs is 2. The molecule has 0 N–H and O–H groups in total. The van der Waals surface area contributed by atoms with E-state index in [4.69, 9.17) is 4.74 Å². The van der Waals surface area contributed by atoms with Crippen molar-refractivity contribution < 1.29 is 9.53 Å². The Bertz CT molecular complexity index is 727. The highest BCUT2D eigenvalue weighted by atomic mass is 16.5. The molecule has 0 spiro atoms. The Hall–Kier alpha value is -1.59. The topological polar surface area (TPSA) is 36.0 Å². The smallest absolute Gasteiger partial charge is 0.237 e. The molecular formula is C24H35N3O2. The molecule has 1 aromatic rings. The predicted molar refractivity (Wildman–Crippen MR) is 114 cm³/mol. The molecule has 1 amide bonds.